The van der Waals surface area contributed by atoms with Gasteiger partial charge in [0.1, 0.15) is 5.65 Å². The van der Waals surface area contributed by atoms with E-state index in [2.05, 4.69) is 9.88 Å². The van der Waals surface area contributed by atoms with Gasteiger partial charge in [-0.05, 0) is 24.6 Å². The molecule has 0 atom stereocenters. The molecule has 10 heteroatoms. The zero-order chi connectivity index (χ0) is 20.6. The van der Waals surface area contributed by atoms with Crippen molar-refractivity contribution in [2.45, 2.75) is 18.4 Å². The molecule has 29 heavy (non-hydrogen) atoms. The van der Waals surface area contributed by atoms with Gasteiger partial charge in [-0.15, -0.1) is 0 Å². The Morgan fingerprint density at radius 2 is 1.90 bits per heavy atom. The summed E-state index contributed by atoms with van der Waals surface area (Å²) < 4.78 is 29.1. The number of benzene rings is 1. The maximum Gasteiger partial charge on any atom is 0.270 e. The summed E-state index contributed by atoms with van der Waals surface area (Å²) in [5.41, 5.74) is 2.74. The summed E-state index contributed by atoms with van der Waals surface area (Å²) in [5, 5.41) is 10.9. The van der Waals surface area contributed by atoms with Crippen LogP contribution >= 0.6 is 0 Å². The van der Waals surface area contributed by atoms with Gasteiger partial charge in [-0.25, -0.2) is 13.4 Å². The minimum absolute atomic E-state index is 0.0454. The van der Waals surface area contributed by atoms with Gasteiger partial charge in [0.15, 0.2) is 0 Å². The van der Waals surface area contributed by atoms with E-state index in [-0.39, 0.29) is 10.6 Å². The van der Waals surface area contributed by atoms with Crippen molar-refractivity contribution in [3.63, 3.8) is 0 Å². The minimum Gasteiger partial charge on any atom is -0.307 e. The van der Waals surface area contributed by atoms with Crippen molar-refractivity contribution in [2.75, 3.05) is 26.2 Å². The maximum absolute atomic E-state index is 12.9. The molecule has 2 aromatic heterocycles. The largest absolute Gasteiger partial charge is 0.307 e. The molecule has 1 aromatic carbocycles. The summed E-state index contributed by atoms with van der Waals surface area (Å²) in [4.78, 5) is 17.1. The highest BCUT2D eigenvalue weighted by Crippen LogP contribution is 2.22. The average Bonchev–Trinajstić information content (AvgIpc) is 3.12. The first-order valence-corrected chi connectivity index (χ1v) is 10.7. The van der Waals surface area contributed by atoms with Gasteiger partial charge in [-0.1, -0.05) is 12.1 Å². The van der Waals surface area contributed by atoms with Crippen LogP contribution in [0.5, 0.6) is 0 Å². The number of fused-ring (bicyclic) bond motifs is 1. The van der Waals surface area contributed by atoms with E-state index in [1.807, 2.05) is 35.9 Å². The SMILES string of the molecule is Cc1cccn2cc(CN3CCN(S(=O)(=O)c4cccc([N+](=O)[O-])c4)CC3)nc12. The molecule has 0 saturated carbocycles. The van der Waals surface area contributed by atoms with Gasteiger partial charge < -0.3 is 4.40 Å². The third kappa shape index (κ3) is 3.86. The van der Waals surface area contributed by atoms with Crippen molar-refractivity contribution in [3.8, 4) is 0 Å². The Balaban J connectivity index is 1.44. The molecule has 0 radical (unpaired) electrons. The summed E-state index contributed by atoms with van der Waals surface area (Å²) in [6.45, 7) is 4.46. The Hall–Kier alpha value is -2.82. The van der Waals surface area contributed by atoms with Gasteiger partial charge in [-0.3, -0.25) is 15.0 Å². The quantitative estimate of drug-likeness (QED) is 0.467. The molecule has 1 aliphatic heterocycles. The molecule has 1 fully saturated rings. The van der Waals surface area contributed by atoms with Crippen LogP contribution in [0.1, 0.15) is 11.3 Å². The number of sulfonamides is 1. The molecule has 0 aliphatic carbocycles. The molecule has 1 aliphatic rings. The number of aromatic nitrogens is 2. The van der Waals surface area contributed by atoms with Crippen LogP contribution in [0.15, 0.2) is 53.7 Å². The second-order valence-electron chi connectivity index (χ2n) is 7.09. The lowest BCUT2D eigenvalue weighted by atomic mass is 10.3. The predicted octanol–water partition coefficient (Wildman–Crippen LogP) is 2.06. The molecule has 3 aromatic rings. The number of non-ortho nitro benzene ring substituents is 1. The molecule has 3 heterocycles. The molecule has 152 valence electrons. The van der Waals surface area contributed by atoms with Crippen LogP contribution in [0.3, 0.4) is 0 Å². The lowest BCUT2D eigenvalue weighted by Gasteiger charge is -2.33. The van der Waals surface area contributed by atoms with Gasteiger partial charge in [0, 0.05) is 57.3 Å². The Labute approximate surface area is 168 Å². The number of nitro benzene ring substituents is 1. The van der Waals surface area contributed by atoms with Crippen molar-refractivity contribution < 1.29 is 13.3 Å². The van der Waals surface area contributed by atoms with E-state index in [0.717, 1.165) is 23.0 Å². The van der Waals surface area contributed by atoms with Crippen molar-refractivity contribution in [2.24, 2.45) is 0 Å². The number of hydrogen-bond donors (Lipinski definition) is 0. The lowest BCUT2D eigenvalue weighted by molar-refractivity contribution is -0.385. The van der Waals surface area contributed by atoms with E-state index in [9.17, 15) is 18.5 Å². The third-order valence-corrected chi connectivity index (χ3v) is 7.01. The van der Waals surface area contributed by atoms with Crippen molar-refractivity contribution in [1.29, 1.82) is 0 Å². The number of hydrogen-bond acceptors (Lipinski definition) is 6. The molecule has 0 unspecified atom stereocenters. The highest BCUT2D eigenvalue weighted by molar-refractivity contribution is 7.89. The standard InChI is InChI=1S/C19H21N5O4S/c1-15-4-3-7-22-14-16(20-19(15)22)13-21-8-10-23(11-9-21)29(27,28)18-6-2-5-17(12-18)24(25)26/h2-7,12,14H,8-11,13H2,1H3. The third-order valence-electron chi connectivity index (χ3n) is 5.11. The van der Waals surface area contributed by atoms with Gasteiger partial charge in [0.25, 0.3) is 5.69 Å². The first-order valence-electron chi connectivity index (χ1n) is 9.25. The zero-order valence-corrected chi connectivity index (χ0v) is 16.7. The monoisotopic (exact) mass is 415 g/mol. The van der Waals surface area contributed by atoms with Crippen LogP contribution in [0.2, 0.25) is 0 Å². The van der Waals surface area contributed by atoms with E-state index >= 15 is 0 Å². The number of aryl methyl sites for hydroxylation is 1. The fraction of sp³-hybridized carbons (Fsp3) is 0.316. The van der Waals surface area contributed by atoms with Crippen LogP contribution in [0.4, 0.5) is 5.69 Å². The Morgan fingerprint density at radius 3 is 2.59 bits per heavy atom. The van der Waals surface area contributed by atoms with E-state index in [1.54, 1.807) is 0 Å². The van der Waals surface area contributed by atoms with Gasteiger partial charge >= 0.3 is 0 Å². The molecular formula is C19H21N5O4S. The number of piperazine rings is 1. The van der Waals surface area contributed by atoms with Gasteiger partial charge in [0.2, 0.25) is 10.0 Å². The van der Waals surface area contributed by atoms with E-state index in [4.69, 9.17) is 0 Å². The van der Waals surface area contributed by atoms with E-state index in [0.29, 0.717) is 32.7 Å². The summed E-state index contributed by atoms with van der Waals surface area (Å²) in [5.74, 6) is 0. The summed E-state index contributed by atoms with van der Waals surface area (Å²) in [7, 11) is -3.76. The number of nitrogens with zero attached hydrogens (tertiary/aromatic N) is 5. The van der Waals surface area contributed by atoms with Gasteiger partial charge in [0.05, 0.1) is 15.5 Å². The van der Waals surface area contributed by atoms with E-state index in [1.165, 1.54) is 22.5 Å². The Bertz CT molecular complexity index is 1170. The molecular weight excluding hydrogens is 394 g/mol. The molecule has 0 N–H and O–H groups in total. The molecule has 1 saturated heterocycles. The van der Waals surface area contributed by atoms with E-state index < -0.39 is 14.9 Å². The lowest BCUT2D eigenvalue weighted by Crippen LogP contribution is -2.48. The highest BCUT2D eigenvalue weighted by atomic mass is 32.2. The fourth-order valence-electron chi connectivity index (χ4n) is 3.54. The molecule has 9 nitrogen and oxygen atoms in total. The fourth-order valence-corrected chi connectivity index (χ4v) is 5.01. The first-order chi connectivity index (χ1) is 13.8. The second kappa shape index (κ2) is 7.54. The van der Waals surface area contributed by atoms with Crippen molar-refractivity contribution in [1.82, 2.24) is 18.6 Å². The Kier molecular flexibility index (Phi) is 5.07. The number of rotatable bonds is 5. The van der Waals surface area contributed by atoms with Crippen molar-refractivity contribution >= 4 is 21.4 Å². The van der Waals surface area contributed by atoms with Gasteiger partial charge in [-0.2, -0.15) is 4.31 Å². The number of nitro groups is 1. The van der Waals surface area contributed by atoms with Crippen LogP contribution < -0.4 is 0 Å². The van der Waals surface area contributed by atoms with Crippen LogP contribution in [0, 0.1) is 17.0 Å². The normalized spacial score (nSPS) is 16.3. The predicted molar refractivity (Wildman–Crippen MR) is 107 cm³/mol. The molecule has 0 amide bonds. The van der Waals surface area contributed by atoms with Crippen molar-refractivity contribution in [3.05, 3.63) is 70.2 Å². The second-order valence-corrected chi connectivity index (χ2v) is 9.03. The smallest absolute Gasteiger partial charge is 0.270 e. The summed E-state index contributed by atoms with van der Waals surface area (Å²) in [6.07, 6.45) is 3.96. The topological polar surface area (TPSA) is 101 Å². The number of imidazole rings is 1. The molecule has 0 spiro atoms. The Morgan fingerprint density at radius 1 is 1.14 bits per heavy atom. The average molecular weight is 415 g/mol. The van der Waals surface area contributed by atoms with Crippen LogP contribution in [-0.4, -0.2) is 58.1 Å². The minimum atomic E-state index is -3.76. The molecule has 4 rings (SSSR count). The number of pyridine rings is 1. The highest BCUT2D eigenvalue weighted by Gasteiger charge is 2.29. The summed E-state index contributed by atoms with van der Waals surface area (Å²) >= 11 is 0. The van der Waals surface area contributed by atoms with Crippen LogP contribution in [-0.2, 0) is 16.6 Å². The molecule has 0 bridgehead atoms. The zero-order valence-electron chi connectivity index (χ0n) is 15.9. The van der Waals surface area contributed by atoms with Crippen LogP contribution in [0.25, 0.3) is 5.65 Å². The summed E-state index contributed by atoms with van der Waals surface area (Å²) in [6, 6.07) is 9.18. The maximum atomic E-state index is 12.9. The first kappa shape index (κ1) is 19.5.